The Balaban J connectivity index is 1.92. The molecule has 0 spiro atoms. The lowest BCUT2D eigenvalue weighted by molar-refractivity contribution is 0.575. The molecule has 0 unspecified atom stereocenters. The molecular formula is C11H14FN5O2S. The SMILES string of the molecule is Nc1ccc(S(=O)(=O)NCCCc2ncn[nH]2)cc1F. The van der Waals surface area contributed by atoms with E-state index in [1.54, 1.807) is 0 Å². The predicted octanol–water partition coefficient (Wildman–Crippen LogP) is 0.437. The van der Waals surface area contributed by atoms with E-state index in [0.29, 0.717) is 18.7 Å². The maximum atomic E-state index is 13.2. The van der Waals surface area contributed by atoms with Gasteiger partial charge in [-0.25, -0.2) is 22.5 Å². The predicted molar refractivity (Wildman–Crippen MR) is 70.7 cm³/mol. The summed E-state index contributed by atoms with van der Waals surface area (Å²) in [5.41, 5.74) is 5.21. The number of benzene rings is 1. The minimum absolute atomic E-state index is 0.0886. The molecular weight excluding hydrogens is 285 g/mol. The van der Waals surface area contributed by atoms with Gasteiger partial charge >= 0.3 is 0 Å². The number of hydrogen-bond acceptors (Lipinski definition) is 5. The Labute approximate surface area is 115 Å². The van der Waals surface area contributed by atoms with Gasteiger partial charge in [0.15, 0.2) is 0 Å². The van der Waals surface area contributed by atoms with Gasteiger partial charge in [-0.2, -0.15) is 5.10 Å². The Morgan fingerprint density at radius 3 is 2.85 bits per heavy atom. The van der Waals surface area contributed by atoms with Crippen LogP contribution in [0.1, 0.15) is 12.2 Å². The summed E-state index contributed by atoms with van der Waals surface area (Å²) in [7, 11) is -3.73. The molecule has 1 heterocycles. The summed E-state index contributed by atoms with van der Waals surface area (Å²) in [4.78, 5) is 3.77. The van der Waals surface area contributed by atoms with E-state index in [4.69, 9.17) is 5.73 Å². The number of H-pyrrole nitrogens is 1. The zero-order valence-corrected chi connectivity index (χ0v) is 11.3. The molecule has 0 saturated carbocycles. The second kappa shape index (κ2) is 5.97. The molecule has 20 heavy (non-hydrogen) atoms. The van der Waals surface area contributed by atoms with Crippen LogP contribution in [0.25, 0.3) is 0 Å². The highest BCUT2D eigenvalue weighted by Gasteiger charge is 2.15. The summed E-state index contributed by atoms with van der Waals surface area (Å²) < 4.78 is 39.4. The van der Waals surface area contributed by atoms with Gasteiger partial charge in [0, 0.05) is 13.0 Å². The minimum atomic E-state index is -3.73. The van der Waals surface area contributed by atoms with Gasteiger partial charge in [0.25, 0.3) is 0 Å². The van der Waals surface area contributed by atoms with Crippen molar-refractivity contribution in [1.29, 1.82) is 0 Å². The molecule has 0 fully saturated rings. The molecule has 7 nitrogen and oxygen atoms in total. The van der Waals surface area contributed by atoms with Crippen molar-refractivity contribution in [3.63, 3.8) is 0 Å². The Morgan fingerprint density at radius 2 is 2.20 bits per heavy atom. The summed E-state index contributed by atoms with van der Waals surface area (Å²) in [6.07, 6.45) is 2.50. The lowest BCUT2D eigenvalue weighted by atomic mass is 10.3. The van der Waals surface area contributed by atoms with E-state index in [-0.39, 0.29) is 17.1 Å². The van der Waals surface area contributed by atoms with Crippen molar-refractivity contribution in [2.24, 2.45) is 0 Å². The number of hydrogen-bond donors (Lipinski definition) is 3. The van der Waals surface area contributed by atoms with Gasteiger partial charge in [-0.15, -0.1) is 0 Å². The van der Waals surface area contributed by atoms with Gasteiger partial charge in [-0.3, -0.25) is 5.10 Å². The van der Waals surface area contributed by atoms with Crippen LogP contribution in [0.5, 0.6) is 0 Å². The number of nitrogens with two attached hydrogens (primary N) is 1. The first kappa shape index (κ1) is 14.4. The highest BCUT2D eigenvalue weighted by atomic mass is 32.2. The number of nitrogens with one attached hydrogen (secondary N) is 2. The third kappa shape index (κ3) is 3.52. The average molecular weight is 299 g/mol. The van der Waals surface area contributed by atoms with Crippen LogP contribution in [-0.4, -0.2) is 30.1 Å². The maximum Gasteiger partial charge on any atom is 0.240 e. The van der Waals surface area contributed by atoms with Crippen LogP contribution in [0.2, 0.25) is 0 Å². The second-order valence-electron chi connectivity index (χ2n) is 4.12. The van der Waals surface area contributed by atoms with E-state index in [1.807, 2.05) is 0 Å². The molecule has 1 aromatic heterocycles. The van der Waals surface area contributed by atoms with E-state index >= 15 is 0 Å². The van der Waals surface area contributed by atoms with Gasteiger partial charge in [0.2, 0.25) is 10.0 Å². The Morgan fingerprint density at radius 1 is 1.40 bits per heavy atom. The van der Waals surface area contributed by atoms with Gasteiger partial charge in [0.05, 0.1) is 10.6 Å². The lowest BCUT2D eigenvalue weighted by Gasteiger charge is -2.07. The number of aromatic amines is 1. The van der Waals surface area contributed by atoms with Crippen LogP contribution in [0, 0.1) is 5.82 Å². The first-order chi connectivity index (χ1) is 9.49. The number of aromatic nitrogens is 3. The standard InChI is InChI=1S/C11H14FN5O2S/c12-9-6-8(3-4-10(9)13)20(18,19)16-5-1-2-11-14-7-15-17-11/h3-4,6-7,16H,1-2,5,13H2,(H,14,15,17). The van der Waals surface area contributed by atoms with Crippen LogP contribution < -0.4 is 10.5 Å². The largest absolute Gasteiger partial charge is 0.396 e. The fraction of sp³-hybridized carbons (Fsp3) is 0.273. The maximum absolute atomic E-state index is 13.2. The molecule has 0 bridgehead atoms. The molecule has 0 aliphatic heterocycles. The number of nitrogens with zero attached hydrogens (tertiary/aromatic N) is 2. The van der Waals surface area contributed by atoms with Crippen molar-refractivity contribution in [1.82, 2.24) is 19.9 Å². The fourth-order valence-corrected chi connectivity index (χ4v) is 2.66. The van der Waals surface area contributed by atoms with Crippen LogP contribution >= 0.6 is 0 Å². The number of anilines is 1. The van der Waals surface area contributed by atoms with Crippen LogP contribution in [-0.2, 0) is 16.4 Å². The van der Waals surface area contributed by atoms with Gasteiger partial charge in [0.1, 0.15) is 18.0 Å². The van der Waals surface area contributed by atoms with E-state index in [0.717, 1.165) is 6.07 Å². The highest BCUT2D eigenvalue weighted by Crippen LogP contribution is 2.15. The molecule has 1 aromatic carbocycles. The van der Waals surface area contributed by atoms with Crippen molar-refractivity contribution in [2.45, 2.75) is 17.7 Å². The number of halogens is 1. The molecule has 4 N–H and O–H groups in total. The molecule has 0 saturated heterocycles. The van der Waals surface area contributed by atoms with Crippen molar-refractivity contribution in [3.05, 3.63) is 36.2 Å². The normalized spacial score (nSPS) is 11.7. The van der Waals surface area contributed by atoms with E-state index in [2.05, 4.69) is 19.9 Å². The average Bonchev–Trinajstić information content (AvgIpc) is 2.91. The molecule has 2 rings (SSSR count). The van der Waals surface area contributed by atoms with Crippen molar-refractivity contribution < 1.29 is 12.8 Å². The van der Waals surface area contributed by atoms with Crippen molar-refractivity contribution in [2.75, 3.05) is 12.3 Å². The van der Waals surface area contributed by atoms with Gasteiger partial charge in [-0.1, -0.05) is 0 Å². The smallest absolute Gasteiger partial charge is 0.240 e. The zero-order chi connectivity index (χ0) is 14.6. The quantitative estimate of drug-likeness (QED) is 0.529. The number of sulfonamides is 1. The molecule has 0 amide bonds. The highest BCUT2D eigenvalue weighted by molar-refractivity contribution is 7.89. The Kier molecular flexibility index (Phi) is 4.30. The first-order valence-electron chi connectivity index (χ1n) is 5.88. The number of rotatable bonds is 6. The van der Waals surface area contributed by atoms with Gasteiger partial charge in [-0.05, 0) is 24.6 Å². The topological polar surface area (TPSA) is 114 Å². The second-order valence-corrected chi connectivity index (χ2v) is 5.88. The number of nitrogen functional groups attached to an aromatic ring is 1. The summed E-state index contributed by atoms with van der Waals surface area (Å²) in [5.74, 6) is -0.0720. The van der Waals surface area contributed by atoms with Crippen LogP contribution in [0.4, 0.5) is 10.1 Å². The van der Waals surface area contributed by atoms with Crippen LogP contribution in [0.15, 0.2) is 29.4 Å². The van der Waals surface area contributed by atoms with Crippen LogP contribution in [0.3, 0.4) is 0 Å². The molecule has 0 aliphatic rings. The Hall–Kier alpha value is -2.00. The van der Waals surface area contributed by atoms with E-state index in [1.165, 1.54) is 18.5 Å². The summed E-state index contributed by atoms with van der Waals surface area (Å²) in [6.45, 7) is 0.217. The third-order valence-corrected chi connectivity index (χ3v) is 4.09. The first-order valence-corrected chi connectivity index (χ1v) is 7.36. The fourth-order valence-electron chi connectivity index (χ4n) is 1.57. The minimum Gasteiger partial charge on any atom is -0.396 e. The molecule has 108 valence electrons. The summed E-state index contributed by atoms with van der Waals surface area (Å²) >= 11 is 0. The molecule has 0 radical (unpaired) electrons. The van der Waals surface area contributed by atoms with E-state index < -0.39 is 15.8 Å². The molecule has 2 aromatic rings. The molecule has 0 atom stereocenters. The van der Waals surface area contributed by atoms with Crippen molar-refractivity contribution in [3.8, 4) is 0 Å². The lowest BCUT2D eigenvalue weighted by Crippen LogP contribution is -2.25. The monoisotopic (exact) mass is 299 g/mol. The van der Waals surface area contributed by atoms with Crippen molar-refractivity contribution >= 4 is 15.7 Å². The van der Waals surface area contributed by atoms with Gasteiger partial charge < -0.3 is 5.73 Å². The molecule has 9 heteroatoms. The summed E-state index contributed by atoms with van der Waals surface area (Å²) in [5, 5.41) is 6.37. The number of aryl methyl sites for hydroxylation is 1. The Bertz CT molecular complexity index is 672. The molecule has 0 aliphatic carbocycles. The third-order valence-electron chi connectivity index (χ3n) is 2.63. The summed E-state index contributed by atoms with van der Waals surface area (Å²) in [6, 6.07) is 3.38. The zero-order valence-electron chi connectivity index (χ0n) is 10.5. The van der Waals surface area contributed by atoms with E-state index in [9.17, 15) is 12.8 Å².